The normalized spacial score (nSPS) is 13.4. The van der Waals surface area contributed by atoms with E-state index in [1.165, 1.54) is 17.0 Å². The number of carbonyl (C=O) groups is 1. The van der Waals surface area contributed by atoms with E-state index >= 15 is 0 Å². The number of carbonyl (C=O) groups excluding carboxylic acids is 1. The molecule has 0 spiro atoms. The van der Waals surface area contributed by atoms with E-state index in [2.05, 4.69) is 5.32 Å². The van der Waals surface area contributed by atoms with Gasteiger partial charge in [-0.1, -0.05) is 18.2 Å². The molecule has 2 aromatic rings. The minimum Gasteiger partial charge on any atom is -0.323 e. The van der Waals surface area contributed by atoms with Gasteiger partial charge in [-0.15, -0.1) is 11.3 Å². The zero-order valence-corrected chi connectivity index (χ0v) is 13.2. The highest BCUT2D eigenvalue weighted by Gasteiger charge is 2.24. The maximum absolute atomic E-state index is 12.3. The van der Waals surface area contributed by atoms with Crippen LogP contribution in [0.3, 0.4) is 0 Å². The minimum atomic E-state index is -0.498. The Bertz CT molecular complexity index is 658. The number of rotatable bonds is 6. The summed E-state index contributed by atoms with van der Waals surface area (Å²) < 4.78 is 0. The molecule has 22 heavy (non-hydrogen) atoms. The number of hydrogen-bond donors (Lipinski definition) is 2. The van der Waals surface area contributed by atoms with Crippen molar-refractivity contribution in [1.29, 1.82) is 0 Å². The van der Waals surface area contributed by atoms with E-state index < -0.39 is 4.92 Å². The van der Waals surface area contributed by atoms with Gasteiger partial charge in [-0.3, -0.25) is 14.9 Å². The third kappa shape index (κ3) is 3.90. The van der Waals surface area contributed by atoms with E-state index in [0.29, 0.717) is 0 Å². The van der Waals surface area contributed by atoms with Crippen molar-refractivity contribution < 1.29 is 14.6 Å². The molecular weight excluding hydrogens is 302 g/mol. The summed E-state index contributed by atoms with van der Waals surface area (Å²) in [6.07, 6.45) is 0. The van der Waals surface area contributed by atoms with Crippen molar-refractivity contribution in [3.63, 3.8) is 0 Å². The molecule has 2 rings (SSSR count). The maximum Gasteiger partial charge on any atom is 0.292 e. The first-order valence-electron chi connectivity index (χ1n) is 6.88. The molecule has 0 saturated heterocycles. The van der Waals surface area contributed by atoms with Gasteiger partial charge in [0.1, 0.15) is 12.2 Å². The van der Waals surface area contributed by atoms with Crippen molar-refractivity contribution in [3.05, 3.63) is 56.8 Å². The third-order valence-corrected chi connectivity index (χ3v) is 4.40. The molecule has 1 aromatic carbocycles. The third-order valence-electron chi connectivity index (χ3n) is 3.52. The second kappa shape index (κ2) is 7.15. The molecule has 0 bridgehead atoms. The fourth-order valence-electron chi connectivity index (χ4n) is 2.04. The van der Waals surface area contributed by atoms with Crippen molar-refractivity contribution in [2.24, 2.45) is 0 Å². The summed E-state index contributed by atoms with van der Waals surface area (Å²) in [6.45, 7) is 2.55. The first-order chi connectivity index (χ1) is 10.5. The van der Waals surface area contributed by atoms with Gasteiger partial charge in [0.2, 0.25) is 0 Å². The lowest BCUT2D eigenvalue weighted by Gasteiger charge is -2.20. The molecule has 2 N–H and O–H groups in total. The highest BCUT2D eigenvalue weighted by Crippen LogP contribution is 2.23. The molecule has 1 amide bonds. The Morgan fingerprint density at radius 2 is 2.09 bits per heavy atom. The first kappa shape index (κ1) is 16.1. The summed E-state index contributed by atoms with van der Waals surface area (Å²) in [5.74, 6) is -0.233. The molecular formula is C15H18N3O3S+. The van der Waals surface area contributed by atoms with Crippen LogP contribution in [0, 0.1) is 10.1 Å². The number of para-hydroxylation sites is 2. The predicted molar refractivity (Wildman–Crippen MR) is 86.1 cm³/mol. The molecule has 0 aliphatic heterocycles. The van der Waals surface area contributed by atoms with Crippen molar-refractivity contribution in [3.8, 4) is 0 Å². The molecule has 1 unspecified atom stereocenters. The summed E-state index contributed by atoms with van der Waals surface area (Å²) in [7, 11) is 1.93. The van der Waals surface area contributed by atoms with E-state index in [-0.39, 0.29) is 23.3 Å². The van der Waals surface area contributed by atoms with Gasteiger partial charge in [0.15, 0.2) is 6.04 Å². The molecule has 0 saturated carbocycles. The summed E-state index contributed by atoms with van der Waals surface area (Å²) in [4.78, 5) is 25.0. The van der Waals surface area contributed by atoms with Crippen LogP contribution >= 0.6 is 11.3 Å². The van der Waals surface area contributed by atoms with Crippen LogP contribution < -0.4 is 10.2 Å². The number of quaternary nitrogens is 1. The van der Waals surface area contributed by atoms with Crippen molar-refractivity contribution in [1.82, 2.24) is 0 Å². The lowest BCUT2D eigenvalue weighted by atomic mass is 10.2. The van der Waals surface area contributed by atoms with Gasteiger partial charge in [-0.05, 0) is 24.4 Å². The lowest BCUT2D eigenvalue weighted by Crippen LogP contribution is -3.12. The van der Waals surface area contributed by atoms with Gasteiger partial charge in [-0.2, -0.15) is 0 Å². The Morgan fingerprint density at radius 1 is 1.36 bits per heavy atom. The Hall–Kier alpha value is -2.25. The second-order valence-electron chi connectivity index (χ2n) is 5.09. The summed E-state index contributed by atoms with van der Waals surface area (Å²) in [5.41, 5.74) is 0.132. The quantitative estimate of drug-likeness (QED) is 0.628. The monoisotopic (exact) mass is 320 g/mol. The Morgan fingerprint density at radius 3 is 2.73 bits per heavy atom. The zero-order chi connectivity index (χ0) is 16.1. The number of likely N-dealkylation sites (N-methyl/N-ethyl adjacent to an activating group) is 1. The van der Waals surface area contributed by atoms with Crippen LogP contribution in [0.2, 0.25) is 0 Å². The standard InChI is InChI=1S/C15H17N3O3S/c1-11(17(2)10-12-6-5-9-22-12)15(19)16-13-7-3-4-8-14(13)18(20)21/h3-9,11H,10H2,1-2H3,(H,16,19)/p+1/t11-/m0/s1. The highest BCUT2D eigenvalue weighted by atomic mass is 32.1. The maximum atomic E-state index is 12.3. The van der Waals surface area contributed by atoms with Gasteiger partial charge in [-0.25, -0.2) is 0 Å². The average molecular weight is 320 g/mol. The fourth-order valence-corrected chi connectivity index (χ4v) is 2.84. The van der Waals surface area contributed by atoms with Crippen LogP contribution in [0.5, 0.6) is 0 Å². The van der Waals surface area contributed by atoms with Gasteiger partial charge >= 0.3 is 0 Å². The molecule has 2 atom stereocenters. The van der Waals surface area contributed by atoms with Crippen LogP contribution in [-0.4, -0.2) is 23.9 Å². The van der Waals surface area contributed by atoms with E-state index in [4.69, 9.17) is 0 Å². The number of nitro groups is 1. The predicted octanol–water partition coefficient (Wildman–Crippen LogP) is 1.70. The Labute approximate surface area is 132 Å². The van der Waals surface area contributed by atoms with Crippen LogP contribution in [0.4, 0.5) is 11.4 Å². The van der Waals surface area contributed by atoms with Gasteiger partial charge in [0, 0.05) is 6.07 Å². The number of nitrogens with zero attached hydrogens (tertiary/aromatic N) is 1. The van der Waals surface area contributed by atoms with Gasteiger partial charge in [0.25, 0.3) is 11.6 Å². The van der Waals surface area contributed by atoms with E-state index in [1.807, 2.05) is 31.5 Å². The highest BCUT2D eigenvalue weighted by molar-refractivity contribution is 7.09. The van der Waals surface area contributed by atoms with Crippen molar-refractivity contribution in [2.45, 2.75) is 19.5 Å². The number of nitrogens with one attached hydrogen (secondary N) is 2. The molecule has 0 aliphatic rings. The van der Waals surface area contributed by atoms with Crippen molar-refractivity contribution in [2.75, 3.05) is 12.4 Å². The van der Waals surface area contributed by atoms with E-state index in [0.717, 1.165) is 11.4 Å². The summed E-state index contributed by atoms with van der Waals surface area (Å²) in [6, 6.07) is 9.84. The molecule has 116 valence electrons. The average Bonchev–Trinajstić information content (AvgIpc) is 2.99. The number of benzene rings is 1. The molecule has 0 aliphatic carbocycles. The number of hydrogen-bond acceptors (Lipinski definition) is 4. The topological polar surface area (TPSA) is 76.7 Å². The first-order valence-corrected chi connectivity index (χ1v) is 7.76. The summed E-state index contributed by atoms with van der Waals surface area (Å²) in [5, 5.41) is 15.6. The molecule has 0 radical (unpaired) electrons. The van der Waals surface area contributed by atoms with Gasteiger partial charge < -0.3 is 10.2 Å². The molecule has 7 heteroatoms. The largest absolute Gasteiger partial charge is 0.323 e. The van der Waals surface area contributed by atoms with Gasteiger partial charge in [0.05, 0.1) is 16.8 Å². The smallest absolute Gasteiger partial charge is 0.292 e. The molecule has 1 aromatic heterocycles. The molecule has 1 heterocycles. The van der Waals surface area contributed by atoms with E-state index in [1.54, 1.807) is 23.5 Å². The summed E-state index contributed by atoms with van der Waals surface area (Å²) >= 11 is 1.65. The molecule has 6 nitrogen and oxygen atoms in total. The molecule has 0 fully saturated rings. The second-order valence-corrected chi connectivity index (χ2v) is 6.12. The minimum absolute atomic E-state index is 0.0982. The number of anilines is 1. The SMILES string of the molecule is C[C@@H](C(=O)Nc1ccccc1[N+](=O)[O-])[NH+](C)Cc1cccs1. The van der Waals surface area contributed by atoms with E-state index in [9.17, 15) is 14.9 Å². The Kier molecular flexibility index (Phi) is 5.24. The number of nitro benzene ring substituents is 1. The lowest BCUT2D eigenvalue weighted by molar-refractivity contribution is -0.907. The zero-order valence-electron chi connectivity index (χ0n) is 12.4. The number of thiophene rings is 1. The van der Waals surface area contributed by atoms with Crippen LogP contribution in [-0.2, 0) is 11.3 Å². The fraction of sp³-hybridized carbons (Fsp3) is 0.267. The van der Waals surface area contributed by atoms with Crippen LogP contribution in [0.1, 0.15) is 11.8 Å². The van der Waals surface area contributed by atoms with Crippen molar-refractivity contribution >= 4 is 28.6 Å². The van der Waals surface area contributed by atoms with Crippen LogP contribution in [0.15, 0.2) is 41.8 Å². The Balaban J connectivity index is 2.04. The van der Waals surface area contributed by atoms with Crippen LogP contribution in [0.25, 0.3) is 0 Å². The number of amides is 1.